The van der Waals surface area contributed by atoms with E-state index in [1.165, 1.54) is 10.5 Å². The molecule has 0 unspecified atom stereocenters. The van der Waals surface area contributed by atoms with Gasteiger partial charge in [-0.1, -0.05) is 18.2 Å². The third kappa shape index (κ3) is 4.02. The maximum atomic E-state index is 11.7. The minimum Gasteiger partial charge on any atom is -0.477 e. The van der Waals surface area contributed by atoms with E-state index in [4.69, 9.17) is 4.74 Å². The number of aromatic nitrogens is 1. The Balaban J connectivity index is 2.18. The first kappa shape index (κ1) is 17.7. The number of carboxylic acids is 1. The van der Waals surface area contributed by atoms with Crippen LogP contribution in [0.15, 0.2) is 18.2 Å². The number of anilines is 1. The summed E-state index contributed by atoms with van der Waals surface area (Å²) in [5.74, 6) is -1.20. The molecule has 0 fully saturated rings. The number of aryl methyl sites for hydroxylation is 2. The standard InChI is InChI=1S/C16H19N3O4S/c1-9-5-6-11(7-10(9)2)8-23-13-12(15(20)21)14(24-18-13)17-16(22)19(3)4/h5-7H,8H2,1-4H3,(H,17,22)(H,20,21). The predicted octanol–water partition coefficient (Wildman–Crippen LogP) is 3.13. The predicted molar refractivity (Wildman–Crippen MR) is 92.0 cm³/mol. The van der Waals surface area contributed by atoms with Crippen LogP contribution < -0.4 is 10.1 Å². The summed E-state index contributed by atoms with van der Waals surface area (Å²) in [5, 5.41) is 12.0. The Labute approximate surface area is 144 Å². The molecule has 0 aliphatic carbocycles. The number of benzene rings is 1. The Morgan fingerprint density at radius 1 is 1.29 bits per heavy atom. The number of hydrogen-bond donors (Lipinski definition) is 2. The van der Waals surface area contributed by atoms with Crippen LogP contribution in [0.25, 0.3) is 0 Å². The molecule has 2 N–H and O–H groups in total. The van der Waals surface area contributed by atoms with Gasteiger partial charge in [0.25, 0.3) is 0 Å². The number of aromatic carboxylic acids is 1. The molecule has 1 aromatic carbocycles. The van der Waals surface area contributed by atoms with Gasteiger partial charge < -0.3 is 14.7 Å². The van der Waals surface area contributed by atoms with Gasteiger partial charge in [0.1, 0.15) is 11.6 Å². The van der Waals surface area contributed by atoms with Gasteiger partial charge >= 0.3 is 12.0 Å². The van der Waals surface area contributed by atoms with Crippen molar-refractivity contribution in [2.24, 2.45) is 0 Å². The Kier molecular flexibility index (Phi) is 5.40. The van der Waals surface area contributed by atoms with Crippen molar-refractivity contribution in [3.05, 3.63) is 40.5 Å². The van der Waals surface area contributed by atoms with E-state index in [0.717, 1.165) is 22.7 Å². The third-order valence-electron chi connectivity index (χ3n) is 3.45. The molecule has 0 aliphatic heterocycles. The maximum absolute atomic E-state index is 11.7. The van der Waals surface area contributed by atoms with Crippen LogP contribution in [0.1, 0.15) is 27.0 Å². The Hall–Kier alpha value is -2.61. The van der Waals surface area contributed by atoms with Crippen molar-refractivity contribution in [2.45, 2.75) is 20.5 Å². The van der Waals surface area contributed by atoms with Crippen LogP contribution in [0.3, 0.4) is 0 Å². The second kappa shape index (κ2) is 7.31. The highest BCUT2D eigenvalue weighted by Gasteiger charge is 2.23. The van der Waals surface area contributed by atoms with Gasteiger partial charge in [-0.15, -0.1) is 0 Å². The van der Waals surface area contributed by atoms with Crippen molar-refractivity contribution in [1.29, 1.82) is 0 Å². The van der Waals surface area contributed by atoms with E-state index >= 15 is 0 Å². The molecular weight excluding hydrogens is 330 g/mol. The quantitative estimate of drug-likeness (QED) is 0.865. The van der Waals surface area contributed by atoms with Crippen LogP contribution >= 0.6 is 11.5 Å². The average molecular weight is 349 g/mol. The van der Waals surface area contributed by atoms with Gasteiger partial charge in [0.05, 0.1) is 0 Å². The minimum atomic E-state index is -1.20. The summed E-state index contributed by atoms with van der Waals surface area (Å²) in [7, 11) is 3.13. The van der Waals surface area contributed by atoms with E-state index < -0.39 is 12.0 Å². The fourth-order valence-corrected chi connectivity index (χ4v) is 2.62. The molecule has 1 aromatic heterocycles. The molecule has 0 bridgehead atoms. The number of amides is 2. The van der Waals surface area contributed by atoms with E-state index in [1.54, 1.807) is 14.1 Å². The second-order valence-electron chi connectivity index (χ2n) is 5.53. The third-order valence-corrected chi connectivity index (χ3v) is 4.19. The van der Waals surface area contributed by atoms with E-state index in [1.807, 2.05) is 32.0 Å². The van der Waals surface area contributed by atoms with Gasteiger partial charge in [-0.25, -0.2) is 9.59 Å². The molecule has 7 nitrogen and oxygen atoms in total. The number of nitrogens with zero attached hydrogens (tertiary/aromatic N) is 2. The number of hydrogen-bond acceptors (Lipinski definition) is 5. The molecule has 0 saturated heterocycles. The lowest BCUT2D eigenvalue weighted by atomic mass is 10.1. The summed E-state index contributed by atoms with van der Waals surface area (Å²) in [6.45, 7) is 4.22. The highest BCUT2D eigenvalue weighted by Crippen LogP contribution is 2.31. The molecule has 128 valence electrons. The Morgan fingerprint density at radius 3 is 2.58 bits per heavy atom. The van der Waals surface area contributed by atoms with Gasteiger partial charge in [-0.3, -0.25) is 5.32 Å². The zero-order valence-electron chi connectivity index (χ0n) is 13.9. The summed E-state index contributed by atoms with van der Waals surface area (Å²) >= 11 is 0.877. The molecule has 24 heavy (non-hydrogen) atoms. The highest BCUT2D eigenvalue weighted by molar-refractivity contribution is 7.11. The van der Waals surface area contributed by atoms with Crippen molar-refractivity contribution in [3.8, 4) is 5.88 Å². The largest absolute Gasteiger partial charge is 0.477 e. The molecule has 2 amide bonds. The fourth-order valence-electron chi connectivity index (χ4n) is 1.90. The van der Waals surface area contributed by atoms with Crippen LogP contribution in [0.4, 0.5) is 9.80 Å². The van der Waals surface area contributed by atoms with Crippen molar-refractivity contribution in [1.82, 2.24) is 9.27 Å². The zero-order valence-corrected chi connectivity index (χ0v) is 14.7. The van der Waals surface area contributed by atoms with Crippen LogP contribution in [-0.2, 0) is 6.61 Å². The maximum Gasteiger partial charge on any atom is 0.344 e. The van der Waals surface area contributed by atoms with E-state index in [0.29, 0.717) is 0 Å². The lowest BCUT2D eigenvalue weighted by molar-refractivity contribution is 0.0693. The molecule has 0 atom stereocenters. The van der Waals surface area contributed by atoms with Crippen molar-refractivity contribution in [2.75, 3.05) is 19.4 Å². The molecule has 2 rings (SSSR count). The molecule has 0 saturated carbocycles. The summed E-state index contributed by atoms with van der Waals surface area (Å²) in [5.41, 5.74) is 3.08. The first-order valence-corrected chi connectivity index (χ1v) is 7.97. The first-order valence-electron chi connectivity index (χ1n) is 7.19. The fraction of sp³-hybridized carbons (Fsp3) is 0.312. The molecule has 0 radical (unpaired) electrons. The van der Waals surface area contributed by atoms with Crippen molar-refractivity contribution in [3.63, 3.8) is 0 Å². The number of nitrogens with one attached hydrogen (secondary N) is 1. The summed E-state index contributed by atoms with van der Waals surface area (Å²) in [6.07, 6.45) is 0. The SMILES string of the molecule is Cc1ccc(COc2nsc(NC(=O)N(C)C)c2C(=O)O)cc1C. The minimum absolute atomic E-state index is 0.000200. The number of carbonyl (C=O) groups excluding carboxylic acids is 1. The van der Waals surface area contributed by atoms with Crippen LogP contribution in [0.5, 0.6) is 5.88 Å². The smallest absolute Gasteiger partial charge is 0.344 e. The molecule has 1 heterocycles. The number of rotatable bonds is 5. The lowest BCUT2D eigenvalue weighted by Gasteiger charge is -2.11. The molecular formula is C16H19N3O4S. The van der Waals surface area contributed by atoms with Crippen molar-refractivity contribution >= 4 is 28.5 Å². The topological polar surface area (TPSA) is 91.8 Å². The highest BCUT2D eigenvalue weighted by atomic mass is 32.1. The van der Waals surface area contributed by atoms with Gasteiger partial charge in [0.15, 0.2) is 5.56 Å². The van der Waals surface area contributed by atoms with Gasteiger partial charge in [0, 0.05) is 14.1 Å². The van der Waals surface area contributed by atoms with E-state index in [9.17, 15) is 14.7 Å². The summed E-state index contributed by atoms with van der Waals surface area (Å²) < 4.78 is 9.57. The molecule has 2 aromatic rings. The lowest BCUT2D eigenvalue weighted by Crippen LogP contribution is -2.27. The van der Waals surface area contributed by atoms with E-state index in [-0.39, 0.29) is 23.1 Å². The van der Waals surface area contributed by atoms with Crippen LogP contribution in [0, 0.1) is 13.8 Å². The van der Waals surface area contributed by atoms with Crippen LogP contribution in [0.2, 0.25) is 0 Å². The average Bonchev–Trinajstić information content (AvgIpc) is 2.91. The Bertz CT molecular complexity index is 771. The van der Waals surface area contributed by atoms with Crippen molar-refractivity contribution < 1.29 is 19.4 Å². The summed E-state index contributed by atoms with van der Waals surface area (Å²) in [4.78, 5) is 24.5. The summed E-state index contributed by atoms with van der Waals surface area (Å²) in [6, 6.07) is 5.46. The molecule has 0 aliphatic rings. The van der Waals surface area contributed by atoms with Crippen LogP contribution in [-0.4, -0.2) is 40.5 Å². The second-order valence-corrected chi connectivity index (χ2v) is 6.30. The number of carboxylic acid groups (broad SMARTS) is 1. The number of urea groups is 1. The van der Waals surface area contributed by atoms with Gasteiger partial charge in [-0.05, 0) is 42.1 Å². The first-order chi connectivity index (χ1) is 11.3. The number of ether oxygens (including phenoxy) is 1. The molecule has 0 spiro atoms. The molecule has 8 heteroatoms. The number of carbonyl (C=O) groups is 2. The van der Waals surface area contributed by atoms with E-state index in [2.05, 4.69) is 9.69 Å². The monoisotopic (exact) mass is 349 g/mol. The van der Waals surface area contributed by atoms with Gasteiger partial charge in [-0.2, -0.15) is 4.37 Å². The zero-order chi connectivity index (χ0) is 17.9. The normalized spacial score (nSPS) is 10.3. The van der Waals surface area contributed by atoms with Gasteiger partial charge in [0.2, 0.25) is 5.88 Å². The Morgan fingerprint density at radius 2 is 2.00 bits per heavy atom.